The van der Waals surface area contributed by atoms with Gasteiger partial charge in [-0.1, -0.05) is 54.8 Å². The van der Waals surface area contributed by atoms with Crippen molar-refractivity contribution in [3.05, 3.63) is 59.6 Å². The SMILES string of the molecule is CC(C)(C)OC(=O)N[C@H]1CCCCC/C=C/C2C[C@@]2(C(=O)NS(=O)(=O)C2CC2)NC(=O)[C@@H]2C[C@@H](Oc3nc4c5cc(Cl)ccc5oc4c4ccccc34)CN2C1=O. The average molecular weight is 820 g/mol. The van der Waals surface area contributed by atoms with Crippen molar-refractivity contribution in [1.82, 2.24) is 25.2 Å². The van der Waals surface area contributed by atoms with Gasteiger partial charge in [0, 0.05) is 33.5 Å². The van der Waals surface area contributed by atoms with Gasteiger partial charge in [-0.25, -0.2) is 18.2 Å². The van der Waals surface area contributed by atoms with Crippen LogP contribution in [-0.4, -0.2) is 83.2 Å². The molecule has 8 rings (SSSR count). The number of sulfonamides is 1. The Kier molecular flexibility index (Phi) is 10.1. The molecule has 2 aliphatic heterocycles. The molecule has 2 aromatic heterocycles. The fourth-order valence-corrected chi connectivity index (χ4v) is 9.46. The highest BCUT2D eigenvalue weighted by molar-refractivity contribution is 7.91. The summed E-state index contributed by atoms with van der Waals surface area (Å²) in [7, 11) is -3.91. The van der Waals surface area contributed by atoms with Crippen molar-refractivity contribution in [2.75, 3.05) is 6.54 Å². The van der Waals surface area contributed by atoms with Gasteiger partial charge >= 0.3 is 6.09 Å². The first kappa shape index (κ1) is 39.0. The van der Waals surface area contributed by atoms with Crippen molar-refractivity contribution in [1.29, 1.82) is 0 Å². The number of rotatable bonds is 6. The van der Waals surface area contributed by atoms with E-state index in [-0.39, 0.29) is 25.3 Å². The van der Waals surface area contributed by atoms with Crippen LogP contribution in [0.15, 0.2) is 59.0 Å². The summed E-state index contributed by atoms with van der Waals surface area (Å²) >= 11 is 6.36. The Labute approximate surface area is 335 Å². The Morgan fingerprint density at radius 2 is 1.81 bits per heavy atom. The highest BCUT2D eigenvalue weighted by Gasteiger charge is 2.62. The number of nitrogens with one attached hydrogen (secondary N) is 3. The zero-order chi connectivity index (χ0) is 40.3. The van der Waals surface area contributed by atoms with Crippen molar-refractivity contribution in [2.45, 2.75) is 113 Å². The third kappa shape index (κ3) is 8.00. The topological polar surface area (TPSA) is 186 Å². The number of hydrogen-bond acceptors (Lipinski definition) is 10. The van der Waals surface area contributed by atoms with Gasteiger partial charge in [-0.05, 0) is 83.6 Å². The minimum Gasteiger partial charge on any atom is -0.472 e. The molecule has 2 aliphatic carbocycles. The fraction of sp³-hybridized carbons (Fsp3) is 0.488. The second-order valence-electron chi connectivity index (χ2n) is 16.6. The third-order valence-electron chi connectivity index (χ3n) is 11.1. The van der Waals surface area contributed by atoms with E-state index < -0.39 is 74.3 Å². The van der Waals surface area contributed by atoms with Crippen LogP contribution in [0.5, 0.6) is 5.88 Å². The molecular weight excluding hydrogens is 774 g/mol. The quantitative estimate of drug-likeness (QED) is 0.194. The molecular formula is C41H46ClN5O9S. The number of alkyl carbamates (subject to hydrolysis) is 1. The van der Waals surface area contributed by atoms with Crippen LogP contribution in [0, 0.1) is 5.92 Å². The molecule has 2 aromatic carbocycles. The van der Waals surface area contributed by atoms with Gasteiger partial charge in [-0.3, -0.25) is 19.1 Å². The van der Waals surface area contributed by atoms with E-state index in [0.717, 1.165) is 18.2 Å². The summed E-state index contributed by atoms with van der Waals surface area (Å²) in [5, 5.41) is 7.60. The summed E-state index contributed by atoms with van der Waals surface area (Å²) in [6, 6.07) is 10.6. The largest absolute Gasteiger partial charge is 0.472 e. The first-order chi connectivity index (χ1) is 27.1. The Morgan fingerprint density at radius 1 is 1.04 bits per heavy atom. The van der Waals surface area contributed by atoms with E-state index in [4.69, 9.17) is 30.5 Å². The fourth-order valence-electron chi connectivity index (χ4n) is 7.92. The Morgan fingerprint density at radius 3 is 2.56 bits per heavy atom. The summed E-state index contributed by atoms with van der Waals surface area (Å²) in [4.78, 5) is 62.3. The predicted molar refractivity (Wildman–Crippen MR) is 213 cm³/mol. The molecule has 5 atom stereocenters. The number of halogens is 1. The second kappa shape index (κ2) is 14.8. The monoisotopic (exact) mass is 819 g/mol. The van der Waals surface area contributed by atoms with Gasteiger partial charge in [0.25, 0.3) is 5.91 Å². The first-order valence-electron chi connectivity index (χ1n) is 19.5. The van der Waals surface area contributed by atoms with Crippen molar-refractivity contribution in [2.24, 2.45) is 5.92 Å². The molecule has 57 heavy (non-hydrogen) atoms. The molecule has 4 aromatic rings. The second-order valence-corrected chi connectivity index (χ2v) is 19.0. The summed E-state index contributed by atoms with van der Waals surface area (Å²) in [5.74, 6) is -2.13. The van der Waals surface area contributed by atoms with Crippen molar-refractivity contribution >= 4 is 78.3 Å². The van der Waals surface area contributed by atoms with E-state index >= 15 is 0 Å². The van der Waals surface area contributed by atoms with Crippen LogP contribution in [0.3, 0.4) is 0 Å². The number of ether oxygens (including phenoxy) is 2. The Hall–Kier alpha value is -4.89. The summed E-state index contributed by atoms with van der Waals surface area (Å²) in [5.41, 5.74) is -0.659. The van der Waals surface area contributed by atoms with Gasteiger partial charge in [0.15, 0.2) is 5.58 Å². The van der Waals surface area contributed by atoms with Crippen LogP contribution in [0.4, 0.5) is 4.79 Å². The molecule has 3 fully saturated rings. The van der Waals surface area contributed by atoms with Crippen LogP contribution in [0.2, 0.25) is 5.02 Å². The number of furan rings is 1. The van der Waals surface area contributed by atoms with Crippen molar-refractivity contribution < 1.29 is 41.5 Å². The van der Waals surface area contributed by atoms with Crippen molar-refractivity contribution in [3.8, 4) is 5.88 Å². The average Bonchev–Trinajstić information content (AvgIpc) is 4.05. The number of amides is 4. The molecule has 1 saturated heterocycles. The van der Waals surface area contributed by atoms with Crippen LogP contribution in [0.1, 0.15) is 78.6 Å². The van der Waals surface area contributed by atoms with Gasteiger partial charge < -0.3 is 29.4 Å². The van der Waals surface area contributed by atoms with Crippen molar-refractivity contribution in [3.63, 3.8) is 0 Å². The number of carbonyl (C=O) groups excluding carboxylic acids is 4. The van der Waals surface area contributed by atoms with Crippen LogP contribution in [-0.2, 0) is 29.1 Å². The zero-order valence-electron chi connectivity index (χ0n) is 32.0. The van der Waals surface area contributed by atoms with E-state index in [2.05, 4.69) is 15.4 Å². The molecule has 4 heterocycles. The van der Waals surface area contributed by atoms with E-state index in [0.29, 0.717) is 64.6 Å². The molecule has 0 radical (unpaired) electrons. The highest BCUT2D eigenvalue weighted by atomic mass is 35.5. The number of nitrogens with zero attached hydrogens (tertiary/aromatic N) is 2. The predicted octanol–water partition coefficient (Wildman–Crippen LogP) is 6.03. The molecule has 3 N–H and O–H groups in total. The lowest BCUT2D eigenvalue weighted by Gasteiger charge is -2.30. The maximum Gasteiger partial charge on any atom is 0.408 e. The third-order valence-corrected chi connectivity index (χ3v) is 13.1. The number of hydrogen-bond donors (Lipinski definition) is 3. The van der Waals surface area contributed by atoms with Crippen LogP contribution in [0.25, 0.3) is 32.8 Å². The Balaban J connectivity index is 1.14. The van der Waals surface area contributed by atoms with Gasteiger partial charge in [0.1, 0.15) is 40.4 Å². The number of benzene rings is 2. The molecule has 16 heteroatoms. The summed E-state index contributed by atoms with van der Waals surface area (Å²) in [6.07, 6.45) is 6.55. The molecule has 0 bridgehead atoms. The number of allylic oxidation sites excluding steroid dienone is 1. The number of pyridine rings is 1. The lowest BCUT2D eigenvalue weighted by Crippen LogP contribution is -2.58. The van der Waals surface area contributed by atoms with Gasteiger partial charge in [0.05, 0.1) is 11.8 Å². The minimum atomic E-state index is -3.91. The molecule has 302 valence electrons. The van der Waals surface area contributed by atoms with Gasteiger partial charge in [0.2, 0.25) is 27.7 Å². The Bertz CT molecular complexity index is 2420. The van der Waals surface area contributed by atoms with Crippen LogP contribution >= 0.6 is 11.6 Å². The number of aromatic nitrogens is 1. The molecule has 2 saturated carbocycles. The number of carbonyl (C=O) groups is 4. The zero-order valence-corrected chi connectivity index (χ0v) is 33.6. The minimum absolute atomic E-state index is 0.0152. The summed E-state index contributed by atoms with van der Waals surface area (Å²) < 4.78 is 46.4. The van der Waals surface area contributed by atoms with E-state index in [1.807, 2.05) is 36.4 Å². The molecule has 0 spiro atoms. The first-order valence-corrected chi connectivity index (χ1v) is 21.5. The van der Waals surface area contributed by atoms with E-state index in [1.165, 1.54) is 4.90 Å². The van der Waals surface area contributed by atoms with Gasteiger partial charge in [-0.15, -0.1) is 0 Å². The van der Waals surface area contributed by atoms with E-state index in [1.54, 1.807) is 39.0 Å². The molecule has 14 nitrogen and oxygen atoms in total. The highest BCUT2D eigenvalue weighted by Crippen LogP contribution is 2.46. The van der Waals surface area contributed by atoms with Crippen LogP contribution < -0.4 is 20.1 Å². The maximum absolute atomic E-state index is 14.6. The normalized spacial score (nSPS) is 26.5. The van der Waals surface area contributed by atoms with E-state index in [9.17, 15) is 27.6 Å². The standard InChI is InChI=1S/C41H46ClN5O9S/c1-40(2,3)56-39(51)43-30-14-8-6-4-5-7-11-23-21-41(23,38(50)46-57(52,53)26-16-17-26)45-35(48)31-20-25(22-47(31)37(30)49)54-36-28-13-10-9-12-27(28)34-33(44-36)29-19-24(42)15-18-32(29)55-34/h7,9-13,15,18-19,23,25-26,30-31H,4-6,8,14,16-17,20-22H2,1-3H3,(H,43,51)(H,45,48)(H,46,50)/b11-7+/t23?,25-,30+,31+,41-/m1/s1. The smallest absolute Gasteiger partial charge is 0.408 e. The maximum atomic E-state index is 14.6. The molecule has 4 aliphatic rings. The summed E-state index contributed by atoms with van der Waals surface area (Å²) in [6.45, 7) is 5.13. The van der Waals surface area contributed by atoms with Gasteiger partial charge in [-0.2, -0.15) is 0 Å². The lowest BCUT2D eigenvalue weighted by atomic mass is 10.0. The lowest BCUT2D eigenvalue weighted by molar-refractivity contribution is -0.141. The number of fused-ring (bicyclic) bond motifs is 7. The molecule has 1 unspecified atom stereocenters. The molecule has 4 amide bonds.